The maximum absolute atomic E-state index is 15.0. The second-order valence-electron chi connectivity index (χ2n) is 21.2. The molecule has 3 aliphatic carbocycles. The summed E-state index contributed by atoms with van der Waals surface area (Å²) in [6.45, 7) is 0. The number of rotatable bonds is 0. The van der Waals surface area contributed by atoms with Crippen LogP contribution in [0.25, 0.3) is 43.1 Å². The van der Waals surface area contributed by atoms with Gasteiger partial charge in [0, 0.05) is 66.1 Å². The van der Waals surface area contributed by atoms with Gasteiger partial charge in [-0.15, -0.1) is 0 Å². The van der Waals surface area contributed by atoms with E-state index in [0.29, 0.717) is 38.5 Å². The van der Waals surface area contributed by atoms with Gasteiger partial charge < -0.3 is 0 Å². The van der Waals surface area contributed by atoms with Crippen molar-refractivity contribution in [2.45, 2.75) is 113 Å². The molecule has 3 saturated carbocycles. The number of carbonyl (C=O) groups excluding carboxylic acids is 8. The van der Waals surface area contributed by atoms with Crippen LogP contribution in [0, 0.1) is 0 Å². The zero-order valence-corrected chi connectivity index (χ0v) is 39.3. The summed E-state index contributed by atoms with van der Waals surface area (Å²) in [7, 11) is 0. The van der Waals surface area contributed by atoms with Crippen LogP contribution in [-0.2, 0) is 0 Å². The first-order chi connectivity index (χ1) is 35.8. The Morgan fingerprint density at radius 1 is 0.257 bits per heavy atom. The number of imide groups is 4. The van der Waals surface area contributed by atoms with Crippen LogP contribution in [0.2, 0.25) is 0 Å². The fourth-order valence-electron chi connectivity index (χ4n) is 14.7. The first-order valence-corrected chi connectivity index (χ1v) is 25.4. The molecule has 5 aromatic carbocycles. The summed E-state index contributed by atoms with van der Waals surface area (Å²) in [5.74, 6) is -5.87. The number of hydrogen-bond acceptors (Lipinski definition) is 12. The Morgan fingerprint density at radius 3 is 0.635 bits per heavy atom. The van der Waals surface area contributed by atoms with Crippen molar-refractivity contribution in [2.75, 3.05) is 0 Å². The average Bonchev–Trinajstić information content (AvgIpc) is 3.87. The summed E-state index contributed by atoms with van der Waals surface area (Å²) >= 11 is 0. The molecule has 30 rings (SSSR count). The van der Waals surface area contributed by atoms with Crippen LogP contribution in [0.1, 0.15) is 172 Å². The van der Waals surface area contributed by atoms with E-state index in [1.54, 1.807) is 0 Å². The average molecular weight is 989 g/mol. The molecule has 22 heterocycles. The van der Waals surface area contributed by atoms with Gasteiger partial charge in [0.15, 0.2) is 0 Å². The molecule has 1 unspecified atom stereocenters. The van der Waals surface area contributed by atoms with Gasteiger partial charge in [0.05, 0.1) is 57.8 Å². The summed E-state index contributed by atoms with van der Waals surface area (Å²) < 4.78 is 2.06. The fourth-order valence-corrected chi connectivity index (χ4v) is 14.7. The van der Waals surface area contributed by atoms with Gasteiger partial charge in [0.25, 0.3) is 69.5 Å². The molecule has 23 aliphatic rings. The van der Waals surface area contributed by atoms with Crippen molar-refractivity contribution >= 4 is 90.3 Å². The van der Waals surface area contributed by atoms with Crippen molar-refractivity contribution in [3.63, 3.8) is 0 Å². The van der Waals surface area contributed by atoms with E-state index in [-0.39, 0.29) is 126 Å². The molecule has 3 fully saturated rings. The number of aromatic nitrogens is 2. The molecule has 6 atom stereocenters. The predicted octanol–water partition coefficient (Wildman–Crippen LogP) is 5.30. The van der Waals surface area contributed by atoms with Crippen LogP contribution in [0.3, 0.4) is 0 Å². The zero-order valence-electron chi connectivity index (χ0n) is 39.3. The van der Waals surface area contributed by atoms with Gasteiger partial charge in [-0.05, 0) is 99.2 Å². The van der Waals surface area contributed by atoms with Crippen LogP contribution in [-0.4, -0.2) is 100 Å². The first-order valence-electron chi connectivity index (χ1n) is 25.4. The lowest BCUT2D eigenvalue weighted by Crippen LogP contribution is -2.61. The van der Waals surface area contributed by atoms with Gasteiger partial charge in [0.1, 0.15) is 0 Å². The molecular formula is C56H40N6O12. The Morgan fingerprint density at radius 2 is 0.432 bits per heavy atom. The molecule has 2 aromatic heterocycles. The molecule has 20 aliphatic heterocycles. The van der Waals surface area contributed by atoms with Crippen molar-refractivity contribution in [3.05, 3.63) is 147 Å². The lowest BCUT2D eigenvalue weighted by Gasteiger charge is -2.46. The monoisotopic (exact) mass is 988 g/mol. The number of amides is 8. The third-order valence-electron chi connectivity index (χ3n) is 17.9. The molecule has 74 heavy (non-hydrogen) atoms. The number of carbonyl (C=O) groups is 8. The van der Waals surface area contributed by atoms with Crippen LogP contribution in [0.5, 0.6) is 0 Å². The van der Waals surface area contributed by atoms with E-state index in [1.165, 1.54) is 60.7 Å². The van der Waals surface area contributed by atoms with Crippen LogP contribution >= 0.6 is 0 Å². The normalized spacial score (nSPS) is 25.2. The number of nitrogens with zero attached hydrogens (tertiary/aromatic N) is 6. The highest BCUT2D eigenvalue weighted by atomic mass is 16.2. The van der Waals surface area contributed by atoms with Gasteiger partial charge in [0.2, 0.25) is 0 Å². The van der Waals surface area contributed by atoms with Gasteiger partial charge in [-0.25, -0.2) is 0 Å². The molecule has 22 bridgehead atoms. The van der Waals surface area contributed by atoms with Crippen molar-refractivity contribution in [1.82, 2.24) is 28.7 Å². The molecule has 18 nitrogen and oxygen atoms in total. The maximum Gasteiger partial charge on any atom is 0.261 e. The molecule has 366 valence electrons. The minimum atomic E-state index is -1.00. The summed E-state index contributed by atoms with van der Waals surface area (Å²) in [5, 5.41) is -0.0824. The second kappa shape index (κ2) is 14.6. The minimum absolute atomic E-state index is 0.0396. The van der Waals surface area contributed by atoms with E-state index in [0.717, 1.165) is 28.7 Å². The second-order valence-corrected chi connectivity index (χ2v) is 21.2. The summed E-state index contributed by atoms with van der Waals surface area (Å²) in [6, 6.07) is 7.97. The molecular weight excluding hydrogens is 949 g/mol. The van der Waals surface area contributed by atoms with Crippen LogP contribution < -0.4 is 22.2 Å². The first kappa shape index (κ1) is 43.1. The summed E-state index contributed by atoms with van der Waals surface area (Å²) in [4.78, 5) is 183. The quantitative estimate of drug-likeness (QED) is 0.177. The maximum atomic E-state index is 15.0. The molecule has 0 saturated heterocycles. The van der Waals surface area contributed by atoms with E-state index in [1.807, 2.05) is 0 Å². The van der Waals surface area contributed by atoms with E-state index in [9.17, 15) is 57.5 Å². The third kappa shape index (κ3) is 5.09. The van der Waals surface area contributed by atoms with Gasteiger partial charge >= 0.3 is 0 Å². The van der Waals surface area contributed by atoms with Crippen molar-refractivity contribution < 1.29 is 38.4 Å². The molecule has 0 spiro atoms. The lowest BCUT2D eigenvalue weighted by atomic mass is 9.80. The SMILES string of the molecule is O=C1c2ccc3c4c5ccc(c24)C(=O)N1C1CCCC[C@@H]1n1c(=O)c2cc4c(=O)n(c(=O)c4cc2c1=O)[C@H]1CCCC[C@@H]1N1C(=O)c2ccc4c6c(ccc(c26)C1=O)C(=O)N(C4=O)[C@H]1CCCC[C@@H]1N(C3=O)C5=O. The Labute approximate surface area is 416 Å². The largest absolute Gasteiger partial charge is 0.269 e. The van der Waals surface area contributed by atoms with Crippen molar-refractivity contribution in [1.29, 1.82) is 0 Å². The molecule has 7 aromatic rings. The zero-order chi connectivity index (χ0) is 50.7. The highest BCUT2D eigenvalue weighted by Gasteiger charge is 2.52. The fraction of sp³-hybridized carbons (Fsp3) is 0.321. The summed E-state index contributed by atoms with van der Waals surface area (Å²) in [5.41, 5.74) is -2.73. The smallest absolute Gasteiger partial charge is 0.261 e. The molecule has 0 N–H and O–H groups in total. The van der Waals surface area contributed by atoms with Crippen LogP contribution in [0.4, 0.5) is 0 Å². The highest BCUT2D eigenvalue weighted by Crippen LogP contribution is 2.46. The molecule has 8 amide bonds. The highest BCUT2D eigenvalue weighted by molar-refractivity contribution is 6.35. The standard InChI is InChI=1S/C56H40N6O12/c63-45-23-13-17-27-43-28-18-14-24(41(23)43)46(64)57(45)35-7-1-2-8-36(35)58-47(65)25-15-19-29-44-30(20-16-26(42(25)44)48(58)66)52(70)60(51(29)69)38-10-4-6-12-40(38)62-55(73)33-21-31-32(22-34(33)56(62)74)54(72)61(53(31)71)39-11-5-3-9-37(39)59(49(27)67)50(28)68/h13-22,35-40H,1-12H2/t35-,36-,37-,38?,39-,40-/m0/s1. The van der Waals surface area contributed by atoms with E-state index < -0.39 is 106 Å². The van der Waals surface area contributed by atoms with E-state index in [4.69, 9.17) is 0 Å². The Balaban J connectivity index is 0.960. The minimum Gasteiger partial charge on any atom is -0.269 e. The van der Waals surface area contributed by atoms with Crippen LogP contribution in [0.15, 0.2) is 79.8 Å². The topological polar surface area (TPSA) is 228 Å². The predicted molar refractivity (Wildman–Crippen MR) is 263 cm³/mol. The summed E-state index contributed by atoms with van der Waals surface area (Å²) in [6.07, 6.45) is 4.70. The third-order valence-corrected chi connectivity index (χ3v) is 17.9. The van der Waals surface area contributed by atoms with Gasteiger partial charge in [-0.2, -0.15) is 0 Å². The van der Waals surface area contributed by atoms with Crippen molar-refractivity contribution in [3.8, 4) is 0 Å². The Bertz CT molecular complexity index is 3750. The Kier molecular flexibility index (Phi) is 8.48. The lowest BCUT2D eigenvalue weighted by molar-refractivity contribution is 0.0241. The number of benzene rings is 5. The van der Waals surface area contributed by atoms with Gasteiger partial charge in [-0.3, -0.25) is 86.3 Å². The Hall–Kier alpha value is -8.54. The molecule has 0 radical (unpaired) electrons. The van der Waals surface area contributed by atoms with Crippen molar-refractivity contribution in [2.24, 2.45) is 0 Å². The van der Waals surface area contributed by atoms with E-state index >= 15 is 0 Å². The molecule has 18 heteroatoms. The van der Waals surface area contributed by atoms with E-state index in [2.05, 4.69) is 0 Å². The number of hydrogen-bond donors (Lipinski definition) is 0. The van der Waals surface area contributed by atoms with Gasteiger partial charge in [-0.1, -0.05) is 38.5 Å².